The molecule has 0 fully saturated rings. The number of imidazole rings is 1. The van der Waals surface area contributed by atoms with E-state index in [1.165, 1.54) is 16.8 Å². The van der Waals surface area contributed by atoms with E-state index >= 15 is 0 Å². The Bertz CT molecular complexity index is 507. The first-order chi connectivity index (χ1) is 7.24. The highest BCUT2D eigenvalue weighted by atomic mass is 19.1. The number of hydrogen-bond acceptors (Lipinski definition) is 3. The lowest BCUT2D eigenvalue weighted by atomic mass is 10.3. The summed E-state index contributed by atoms with van der Waals surface area (Å²) < 4.78 is 19.6. The van der Waals surface area contributed by atoms with Gasteiger partial charge in [0, 0.05) is 6.20 Å². The molecular formula is C10H9FN2O2. The molecule has 0 saturated carbocycles. The molecule has 78 valence electrons. The summed E-state index contributed by atoms with van der Waals surface area (Å²) in [6, 6.07) is 2.82. The number of pyridine rings is 1. The van der Waals surface area contributed by atoms with Gasteiger partial charge in [-0.25, -0.2) is 14.2 Å². The molecule has 0 bridgehead atoms. The van der Waals surface area contributed by atoms with E-state index in [0.29, 0.717) is 0 Å². The number of ether oxygens (including phenoxy) is 1. The first-order valence-electron chi connectivity index (χ1n) is 4.52. The van der Waals surface area contributed by atoms with Crippen molar-refractivity contribution in [3.8, 4) is 0 Å². The van der Waals surface area contributed by atoms with Gasteiger partial charge in [-0.05, 0) is 19.1 Å². The van der Waals surface area contributed by atoms with Gasteiger partial charge in [-0.2, -0.15) is 0 Å². The van der Waals surface area contributed by atoms with Crippen LogP contribution in [0.5, 0.6) is 0 Å². The normalized spacial score (nSPS) is 10.5. The summed E-state index contributed by atoms with van der Waals surface area (Å²) in [6.07, 6.45) is 3.00. The van der Waals surface area contributed by atoms with Crippen LogP contribution in [-0.2, 0) is 4.74 Å². The Morgan fingerprint density at radius 1 is 1.67 bits per heavy atom. The van der Waals surface area contributed by atoms with Crippen LogP contribution < -0.4 is 0 Å². The van der Waals surface area contributed by atoms with Crippen LogP contribution in [0, 0.1) is 5.82 Å². The fraction of sp³-hybridized carbons (Fsp3) is 0.200. The number of esters is 1. The highest BCUT2D eigenvalue weighted by molar-refractivity contribution is 5.95. The minimum absolute atomic E-state index is 0.00921. The van der Waals surface area contributed by atoms with Crippen molar-refractivity contribution in [3.63, 3.8) is 0 Å². The molecule has 4 nitrogen and oxygen atoms in total. The van der Waals surface area contributed by atoms with Crippen molar-refractivity contribution >= 4 is 11.5 Å². The summed E-state index contributed by atoms with van der Waals surface area (Å²) >= 11 is 0. The number of carbonyl (C=O) groups is 1. The van der Waals surface area contributed by atoms with Gasteiger partial charge >= 0.3 is 5.97 Å². The lowest BCUT2D eigenvalue weighted by Gasteiger charge is -1.99. The Morgan fingerprint density at radius 3 is 3.20 bits per heavy atom. The Hall–Kier alpha value is -1.91. The van der Waals surface area contributed by atoms with Crippen molar-refractivity contribution < 1.29 is 13.9 Å². The molecule has 0 amide bonds. The first-order valence-corrected chi connectivity index (χ1v) is 4.52. The average molecular weight is 208 g/mol. The standard InChI is InChI=1S/C10H9FN2O2/c1-2-15-10(14)8-9-7(11)4-3-5-13(9)6-12-8/h3-6H,2H2,1H3. The number of carbonyl (C=O) groups excluding carboxylic acids is 1. The Kier molecular flexibility index (Phi) is 2.37. The Balaban J connectivity index is 2.57. The minimum Gasteiger partial charge on any atom is -0.461 e. The Labute approximate surface area is 85.3 Å². The van der Waals surface area contributed by atoms with E-state index in [0.717, 1.165) is 0 Å². The lowest BCUT2D eigenvalue weighted by molar-refractivity contribution is 0.0522. The van der Waals surface area contributed by atoms with Crippen molar-refractivity contribution in [3.05, 3.63) is 36.2 Å². The highest BCUT2D eigenvalue weighted by Gasteiger charge is 2.16. The molecule has 2 heterocycles. The SMILES string of the molecule is CCOC(=O)c1ncn2cccc(F)c12. The average Bonchev–Trinajstić information content (AvgIpc) is 2.63. The fourth-order valence-electron chi connectivity index (χ4n) is 1.36. The summed E-state index contributed by atoms with van der Waals surface area (Å²) in [4.78, 5) is 15.2. The molecule has 0 aromatic carbocycles. The summed E-state index contributed by atoms with van der Waals surface area (Å²) in [5.41, 5.74) is 0.158. The summed E-state index contributed by atoms with van der Waals surface area (Å²) in [5.74, 6) is -1.09. The maximum atomic E-state index is 13.4. The molecule has 2 rings (SSSR count). The van der Waals surface area contributed by atoms with Crippen molar-refractivity contribution in [2.24, 2.45) is 0 Å². The zero-order valence-corrected chi connectivity index (χ0v) is 8.11. The third-order valence-corrected chi connectivity index (χ3v) is 1.98. The van der Waals surface area contributed by atoms with Crippen molar-refractivity contribution in [1.82, 2.24) is 9.38 Å². The highest BCUT2D eigenvalue weighted by Crippen LogP contribution is 2.14. The smallest absolute Gasteiger partial charge is 0.359 e. The van der Waals surface area contributed by atoms with Crippen LogP contribution in [0.15, 0.2) is 24.7 Å². The molecule has 0 saturated heterocycles. The molecule has 2 aromatic rings. The van der Waals surface area contributed by atoms with Gasteiger partial charge in [0.1, 0.15) is 17.7 Å². The first kappa shape index (κ1) is 9.64. The van der Waals surface area contributed by atoms with E-state index in [1.54, 1.807) is 19.2 Å². The van der Waals surface area contributed by atoms with Crippen molar-refractivity contribution in [1.29, 1.82) is 0 Å². The van der Waals surface area contributed by atoms with Crippen LogP contribution >= 0.6 is 0 Å². The maximum absolute atomic E-state index is 13.4. The quantitative estimate of drug-likeness (QED) is 0.705. The number of halogens is 1. The van der Waals surface area contributed by atoms with E-state index in [-0.39, 0.29) is 17.8 Å². The summed E-state index contributed by atoms with van der Waals surface area (Å²) in [6.45, 7) is 1.93. The molecule has 0 aliphatic carbocycles. The molecule has 0 aliphatic heterocycles. The molecule has 0 radical (unpaired) electrons. The monoisotopic (exact) mass is 208 g/mol. The van der Waals surface area contributed by atoms with E-state index in [2.05, 4.69) is 4.98 Å². The van der Waals surface area contributed by atoms with E-state index in [9.17, 15) is 9.18 Å². The molecule has 0 atom stereocenters. The van der Waals surface area contributed by atoms with Crippen molar-refractivity contribution in [2.45, 2.75) is 6.92 Å². The zero-order chi connectivity index (χ0) is 10.8. The van der Waals surface area contributed by atoms with Gasteiger partial charge in [0.15, 0.2) is 5.69 Å². The maximum Gasteiger partial charge on any atom is 0.359 e. The topological polar surface area (TPSA) is 43.6 Å². The molecule has 0 spiro atoms. The largest absolute Gasteiger partial charge is 0.461 e. The second-order valence-electron chi connectivity index (χ2n) is 2.93. The molecule has 0 N–H and O–H groups in total. The van der Waals surface area contributed by atoms with Crippen LogP contribution in [0.2, 0.25) is 0 Å². The predicted molar refractivity (Wildman–Crippen MR) is 51.1 cm³/mol. The van der Waals surface area contributed by atoms with Gasteiger partial charge < -0.3 is 9.14 Å². The summed E-state index contributed by atoms with van der Waals surface area (Å²) in [7, 11) is 0. The number of fused-ring (bicyclic) bond motifs is 1. The van der Waals surface area contributed by atoms with E-state index in [1.807, 2.05) is 0 Å². The van der Waals surface area contributed by atoms with Gasteiger partial charge in [-0.1, -0.05) is 0 Å². The molecule has 0 aliphatic rings. The minimum atomic E-state index is -0.606. The lowest BCUT2D eigenvalue weighted by Crippen LogP contribution is -2.06. The predicted octanol–water partition coefficient (Wildman–Crippen LogP) is 1.65. The zero-order valence-electron chi connectivity index (χ0n) is 8.11. The third-order valence-electron chi connectivity index (χ3n) is 1.98. The number of aromatic nitrogens is 2. The van der Waals surface area contributed by atoms with Crippen LogP contribution in [0.25, 0.3) is 5.52 Å². The van der Waals surface area contributed by atoms with Crippen LogP contribution in [0.4, 0.5) is 4.39 Å². The second-order valence-corrected chi connectivity index (χ2v) is 2.93. The van der Waals surface area contributed by atoms with Crippen molar-refractivity contribution in [2.75, 3.05) is 6.61 Å². The van der Waals surface area contributed by atoms with E-state index in [4.69, 9.17) is 4.74 Å². The van der Waals surface area contributed by atoms with Gasteiger partial charge in [0.05, 0.1) is 6.61 Å². The second kappa shape index (κ2) is 3.68. The van der Waals surface area contributed by atoms with Crippen LogP contribution in [-0.4, -0.2) is 22.0 Å². The number of nitrogens with zero attached hydrogens (tertiary/aromatic N) is 2. The fourth-order valence-corrected chi connectivity index (χ4v) is 1.36. The molecule has 15 heavy (non-hydrogen) atoms. The third kappa shape index (κ3) is 1.56. The van der Waals surface area contributed by atoms with Crippen LogP contribution in [0.1, 0.15) is 17.4 Å². The van der Waals surface area contributed by atoms with Crippen LogP contribution in [0.3, 0.4) is 0 Å². The number of rotatable bonds is 2. The summed E-state index contributed by atoms with van der Waals surface area (Å²) in [5, 5.41) is 0. The van der Waals surface area contributed by atoms with E-state index < -0.39 is 11.8 Å². The van der Waals surface area contributed by atoms with Gasteiger partial charge in [-0.15, -0.1) is 0 Å². The van der Waals surface area contributed by atoms with Gasteiger partial charge in [-0.3, -0.25) is 0 Å². The van der Waals surface area contributed by atoms with Gasteiger partial charge in [0.25, 0.3) is 0 Å². The number of hydrogen-bond donors (Lipinski definition) is 0. The molecule has 2 aromatic heterocycles. The molecule has 0 unspecified atom stereocenters. The molecular weight excluding hydrogens is 199 g/mol. The van der Waals surface area contributed by atoms with Gasteiger partial charge in [0.2, 0.25) is 0 Å². The molecule has 5 heteroatoms. The Morgan fingerprint density at radius 2 is 2.47 bits per heavy atom.